The largest absolute Gasteiger partial charge is 0.481 e. The number of rotatable bonds is 5. The maximum atomic E-state index is 12.5. The third-order valence-corrected chi connectivity index (χ3v) is 3.67. The summed E-state index contributed by atoms with van der Waals surface area (Å²) in [7, 11) is 1.62. The van der Waals surface area contributed by atoms with E-state index in [9.17, 15) is 9.59 Å². The summed E-state index contributed by atoms with van der Waals surface area (Å²) in [6.07, 6.45) is 0. The lowest BCUT2D eigenvalue weighted by Crippen LogP contribution is -2.43. The predicted molar refractivity (Wildman–Crippen MR) is 78.9 cm³/mol. The summed E-state index contributed by atoms with van der Waals surface area (Å²) >= 11 is 5.85. The Kier molecular flexibility index (Phi) is 5.17. The highest BCUT2D eigenvalue weighted by atomic mass is 35.5. The minimum atomic E-state index is -0.908. The summed E-state index contributed by atoms with van der Waals surface area (Å²) in [5.41, 5.74) is 0.124. The Hall–Kier alpha value is -1.55. The van der Waals surface area contributed by atoms with Crippen molar-refractivity contribution >= 4 is 23.5 Å². The third-order valence-electron chi connectivity index (χ3n) is 3.42. The fraction of sp³-hybridized carbons (Fsp3) is 0.467. The van der Waals surface area contributed by atoms with Crippen LogP contribution in [0.15, 0.2) is 24.3 Å². The van der Waals surface area contributed by atoms with E-state index in [-0.39, 0.29) is 12.5 Å². The lowest BCUT2D eigenvalue weighted by molar-refractivity contribution is -0.143. The number of hydrogen-bond donors (Lipinski definition) is 1. The van der Waals surface area contributed by atoms with Gasteiger partial charge in [-0.15, -0.1) is 0 Å². The number of carboxylic acids is 1. The number of carbonyl (C=O) groups is 2. The number of likely N-dealkylation sites (N-methyl/N-ethyl adjacent to an activating group) is 1. The second-order valence-corrected chi connectivity index (χ2v) is 5.99. The molecule has 0 saturated carbocycles. The van der Waals surface area contributed by atoms with Gasteiger partial charge < -0.3 is 10.0 Å². The molecule has 1 N–H and O–H groups in total. The van der Waals surface area contributed by atoms with Gasteiger partial charge in [-0.25, -0.2) is 0 Å². The normalized spacial score (nSPS) is 12.8. The molecule has 1 aromatic rings. The summed E-state index contributed by atoms with van der Waals surface area (Å²) in [5.74, 6) is -1.62. The van der Waals surface area contributed by atoms with E-state index in [4.69, 9.17) is 16.7 Å². The number of carbonyl (C=O) groups excluding carboxylic acids is 1. The fourth-order valence-electron chi connectivity index (χ4n) is 2.04. The summed E-state index contributed by atoms with van der Waals surface area (Å²) in [4.78, 5) is 24.8. The first kappa shape index (κ1) is 16.5. The molecule has 110 valence electrons. The van der Waals surface area contributed by atoms with Gasteiger partial charge in [0.2, 0.25) is 5.91 Å². The van der Waals surface area contributed by atoms with E-state index in [1.54, 1.807) is 26.1 Å². The first-order valence-electron chi connectivity index (χ1n) is 6.40. The molecule has 0 aliphatic heterocycles. The van der Waals surface area contributed by atoms with Crippen LogP contribution in [0.25, 0.3) is 0 Å². The molecule has 1 aromatic carbocycles. The van der Waals surface area contributed by atoms with Crippen molar-refractivity contribution in [2.45, 2.75) is 26.2 Å². The maximum absolute atomic E-state index is 12.5. The first-order chi connectivity index (χ1) is 9.16. The Morgan fingerprint density at radius 3 is 2.25 bits per heavy atom. The molecule has 0 radical (unpaired) electrons. The van der Waals surface area contributed by atoms with Gasteiger partial charge in [0.25, 0.3) is 0 Å². The molecule has 0 fully saturated rings. The summed E-state index contributed by atoms with van der Waals surface area (Å²) in [6, 6.07) is 7.11. The zero-order valence-corrected chi connectivity index (χ0v) is 12.9. The lowest BCUT2D eigenvalue weighted by atomic mass is 9.83. The van der Waals surface area contributed by atoms with Crippen LogP contribution in [0.3, 0.4) is 0 Å². The Labute approximate surface area is 124 Å². The molecule has 0 saturated heterocycles. The van der Waals surface area contributed by atoms with Crippen LogP contribution in [0.1, 0.15) is 26.3 Å². The summed E-state index contributed by atoms with van der Waals surface area (Å²) < 4.78 is 0. The highest BCUT2D eigenvalue weighted by Crippen LogP contribution is 2.26. The van der Waals surface area contributed by atoms with Crippen LogP contribution < -0.4 is 0 Å². The van der Waals surface area contributed by atoms with E-state index in [1.807, 2.05) is 26.0 Å². The van der Waals surface area contributed by atoms with Crippen molar-refractivity contribution in [2.75, 3.05) is 13.6 Å². The number of benzene rings is 1. The van der Waals surface area contributed by atoms with E-state index < -0.39 is 17.3 Å². The Bertz CT molecular complexity index is 496. The number of nitrogens with zero attached hydrogens (tertiary/aromatic N) is 1. The molecular weight excluding hydrogens is 278 g/mol. The first-order valence-corrected chi connectivity index (χ1v) is 6.78. The third kappa shape index (κ3) is 3.73. The lowest BCUT2D eigenvalue weighted by Gasteiger charge is -2.30. The number of amides is 1. The highest BCUT2D eigenvalue weighted by molar-refractivity contribution is 6.30. The van der Waals surface area contributed by atoms with Crippen molar-refractivity contribution in [3.63, 3.8) is 0 Å². The van der Waals surface area contributed by atoms with Crippen molar-refractivity contribution in [3.8, 4) is 0 Å². The van der Waals surface area contributed by atoms with Crippen LogP contribution in [-0.4, -0.2) is 35.5 Å². The number of halogens is 1. The Morgan fingerprint density at radius 2 is 1.80 bits per heavy atom. The van der Waals surface area contributed by atoms with Gasteiger partial charge in [0.05, 0.1) is 11.3 Å². The average Bonchev–Trinajstić information content (AvgIpc) is 2.37. The van der Waals surface area contributed by atoms with Gasteiger partial charge in [-0.1, -0.05) is 30.7 Å². The average molecular weight is 298 g/mol. The molecule has 1 unspecified atom stereocenters. The molecule has 1 atom stereocenters. The van der Waals surface area contributed by atoms with Gasteiger partial charge in [-0.3, -0.25) is 9.59 Å². The Balaban J connectivity index is 2.88. The molecule has 20 heavy (non-hydrogen) atoms. The van der Waals surface area contributed by atoms with Crippen molar-refractivity contribution in [3.05, 3.63) is 34.9 Å². The number of aliphatic carboxylic acids is 1. The molecule has 4 nitrogen and oxygen atoms in total. The van der Waals surface area contributed by atoms with E-state index in [0.29, 0.717) is 5.02 Å². The van der Waals surface area contributed by atoms with Gasteiger partial charge in [0, 0.05) is 18.6 Å². The van der Waals surface area contributed by atoms with Crippen molar-refractivity contribution < 1.29 is 14.7 Å². The van der Waals surface area contributed by atoms with Crippen LogP contribution >= 0.6 is 11.6 Å². The molecule has 0 heterocycles. The second-order valence-electron chi connectivity index (χ2n) is 5.56. The zero-order valence-electron chi connectivity index (χ0n) is 12.2. The van der Waals surface area contributed by atoms with Crippen LogP contribution in [0.4, 0.5) is 0 Å². The molecule has 0 aliphatic rings. The minimum Gasteiger partial charge on any atom is -0.481 e. The van der Waals surface area contributed by atoms with Crippen molar-refractivity contribution in [1.82, 2.24) is 4.90 Å². The second kappa shape index (κ2) is 6.27. The number of carboxylic acid groups (broad SMARTS) is 1. The van der Waals surface area contributed by atoms with Crippen LogP contribution in [-0.2, 0) is 15.0 Å². The van der Waals surface area contributed by atoms with Gasteiger partial charge in [-0.2, -0.15) is 0 Å². The van der Waals surface area contributed by atoms with Crippen LogP contribution in [0.2, 0.25) is 5.02 Å². The topological polar surface area (TPSA) is 57.6 Å². The van der Waals surface area contributed by atoms with Crippen molar-refractivity contribution in [2.24, 2.45) is 5.92 Å². The monoisotopic (exact) mass is 297 g/mol. The highest BCUT2D eigenvalue weighted by Gasteiger charge is 2.33. The Morgan fingerprint density at radius 1 is 1.30 bits per heavy atom. The molecule has 1 rings (SSSR count). The molecule has 0 spiro atoms. The SMILES string of the molecule is CC(CN(C)C(=O)C(C)(C)c1ccc(Cl)cc1)C(=O)O. The number of hydrogen-bond acceptors (Lipinski definition) is 2. The molecule has 5 heteroatoms. The van der Waals surface area contributed by atoms with Gasteiger partial charge in [0.15, 0.2) is 0 Å². The molecular formula is C15H20ClNO3. The van der Waals surface area contributed by atoms with E-state index in [0.717, 1.165) is 5.56 Å². The minimum absolute atomic E-state index is 0.118. The smallest absolute Gasteiger partial charge is 0.308 e. The quantitative estimate of drug-likeness (QED) is 0.909. The van der Waals surface area contributed by atoms with E-state index >= 15 is 0 Å². The standard InChI is InChI=1S/C15H20ClNO3/c1-10(13(18)19)9-17(4)14(20)15(2,3)11-5-7-12(16)8-6-11/h5-8,10H,9H2,1-4H3,(H,18,19). The predicted octanol–water partition coefficient (Wildman–Crippen LogP) is 2.80. The molecule has 1 amide bonds. The maximum Gasteiger partial charge on any atom is 0.308 e. The zero-order chi connectivity index (χ0) is 15.5. The van der Waals surface area contributed by atoms with Crippen LogP contribution in [0, 0.1) is 5.92 Å². The van der Waals surface area contributed by atoms with Gasteiger partial charge in [0.1, 0.15) is 0 Å². The van der Waals surface area contributed by atoms with Gasteiger partial charge in [-0.05, 0) is 31.5 Å². The summed E-state index contributed by atoms with van der Waals surface area (Å²) in [5, 5.41) is 9.53. The molecule has 0 aromatic heterocycles. The molecule has 0 bridgehead atoms. The van der Waals surface area contributed by atoms with Crippen molar-refractivity contribution in [1.29, 1.82) is 0 Å². The van der Waals surface area contributed by atoms with Gasteiger partial charge >= 0.3 is 5.97 Å². The fourth-order valence-corrected chi connectivity index (χ4v) is 2.16. The molecule has 0 aliphatic carbocycles. The van der Waals surface area contributed by atoms with Crippen LogP contribution in [0.5, 0.6) is 0 Å². The van der Waals surface area contributed by atoms with E-state index in [2.05, 4.69) is 0 Å². The van der Waals surface area contributed by atoms with E-state index in [1.165, 1.54) is 4.90 Å². The summed E-state index contributed by atoms with van der Waals surface area (Å²) in [6.45, 7) is 5.41.